The molecule has 0 fully saturated rings. The van der Waals surface area contributed by atoms with E-state index in [2.05, 4.69) is 18.8 Å². The third kappa shape index (κ3) is 2.10. The van der Waals surface area contributed by atoms with Gasteiger partial charge in [0.05, 0.1) is 0 Å². The van der Waals surface area contributed by atoms with Crippen molar-refractivity contribution < 1.29 is 4.42 Å². The van der Waals surface area contributed by atoms with Gasteiger partial charge in [0.1, 0.15) is 5.52 Å². The van der Waals surface area contributed by atoms with Gasteiger partial charge in [0.2, 0.25) is 0 Å². The predicted octanol–water partition coefficient (Wildman–Crippen LogP) is 3.58. The Hall–Kier alpha value is -0.960. The van der Waals surface area contributed by atoms with E-state index in [9.17, 15) is 0 Å². The zero-order valence-electron chi connectivity index (χ0n) is 8.36. The highest BCUT2D eigenvalue weighted by molar-refractivity contribution is 7.99. The Balaban J connectivity index is 2.19. The lowest BCUT2D eigenvalue weighted by Gasteiger charge is -1.98. The lowest BCUT2D eigenvalue weighted by atomic mass is 10.3. The van der Waals surface area contributed by atoms with Crippen molar-refractivity contribution >= 4 is 22.9 Å². The lowest BCUT2D eigenvalue weighted by Crippen LogP contribution is -1.89. The molecule has 2 aromatic rings. The van der Waals surface area contributed by atoms with E-state index < -0.39 is 0 Å². The Morgan fingerprint density at radius 3 is 2.86 bits per heavy atom. The van der Waals surface area contributed by atoms with Crippen LogP contribution in [0.15, 0.2) is 33.9 Å². The number of fused-ring (bicyclic) bond motifs is 1. The van der Waals surface area contributed by atoms with Gasteiger partial charge in [0.15, 0.2) is 5.58 Å². The average Bonchev–Trinajstić information content (AvgIpc) is 2.57. The van der Waals surface area contributed by atoms with Crippen LogP contribution in [0.1, 0.15) is 13.8 Å². The van der Waals surface area contributed by atoms with E-state index >= 15 is 0 Å². The van der Waals surface area contributed by atoms with Crippen molar-refractivity contribution in [2.24, 2.45) is 5.92 Å². The maximum absolute atomic E-state index is 5.57. The minimum atomic E-state index is 0.662. The van der Waals surface area contributed by atoms with Gasteiger partial charge in [-0.2, -0.15) is 0 Å². The number of aromatic nitrogens is 1. The van der Waals surface area contributed by atoms with E-state index in [0.717, 1.165) is 22.1 Å². The van der Waals surface area contributed by atoms with Crippen molar-refractivity contribution in [3.8, 4) is 0 Å². The summed E-state index contributed by atoms with van der Waals surface area (Å²) >= 11 is 1.68. The summed E-state index contributed by atoms with van der Waals surface area (Å²) in [5.41, 5.74) is 1.82. The summed E-state index contributed by atoms with van der Waals surface area (Å²) in [5, 5.41) is 0.778. The Morgan fingerprint density at radius 2 is 2.14 bits per heavy atom. The van der Waals surface area contributed by atoms with E-state index in [1.807, 2.05) is 24.3 Å². The Kier molecular flexibility index (Phi) is 2.77. The molecule has 0 aliphatic heterocycles. The van der Waals surface area contributed by atoms with Gasteiger partial charge in [-0.1, -0.05) is 37.7 Å². The molecule has 0 aliphatic rings. The zero-order chi connectivity index (χ0) is 9.97. The molecule has 74 valence electrons. The molecule has 0 saturated carbocycles. The lowest BCUT2D eigenvalue weighted by molar-refractivity contribution is 0.488. The zero-order valence-corrected chi connectivity index (χ0v) is 9.17. The monoisotopic (exact) mass is 207 g/mol. The van der Waals surface area contributed by atoms with Crippen molar-refractivity contribution in [2.75, 3.05) is 5.75 Å². The van der Waals surface area contributed by atoms with Gasteiger partial charge >= 0.3 is 0 Å². The molecule has 0 spiro atoms. The fraction of sp³-hybridized carbons (Fsp3) is 0.364. The SMILES string of the molecule is CC(C)CSc1nc2ccccc2o1. The quantitative estimate of drug-likeness (QED) is 0.719. The molecule has 2 rings (SSSR count). The van der Waals surface area contributed by atoms with Crippen LogP contribution in [0.25, 0.3) is 11.1 Å². The molecule has 14 heavy (non-hydrogen) atoms. The second kappa shape index (κ2) is 4.05. The summed E-state index contributed by atoms with van der Waals surface area (Å²) < 4.78 is 5.57. The molecule has 0 radical (unpaired) electrons. The number of hydrogen-bond donors (Lipinski definition) is 0. The fourth-order valence-corrected chi connectivity index (χ4v) is 1.94. The molecule has 1 aromatic carbocycles. The van der Waals surface area contributed by atoms with Crippen LogP contribution in [0.2, 0.25) is 0 Å². The molecule has 0 atom stereocenters. The Morgan fingerprint density at radius 1 is 1.36 bits per heavy atom. The van der Waals surface area contributed by atoms with Crippen molar-refractivity contribution in [3.63, 3.8) is 0 Å². The number of nitrogens with zero attached hydrogens (tertiary/aromatic N) is 1. The highest BCUT2D eigenvalue weighted by atomic mass is 32.2. The molecule has 0 amide bonds. The molecule has 1 heterocycles. The van der Waals surface area contributed by atoms with Crippen LogP contribution in [0.4, 0.5) is 0 Å². The first kappa shape index (κ1) is 9.59. The minimum absolute atomic E-state index is 0.662. The van der Waals surface area contributed by atoms with Crippen LogP contribution in [0.3, 0.4) is 0 Å². The standard InChI is InChI=1S/C11H13NOS/c1-8(2)7-14-11-12-9-5-3-4-6-10(9)13-11/h3-6,8H,7H2,1-2H3. The molecule has 1 aromatic heterocycles. The summed E-state index contributed by atoms with van der Waals surface area (Å²) in [4.78, 5) is 4.38. The van der Waals surface area contributed by atoms with Gasteiger partial charge < -0.3 is 4.42 Å². The van der Waals surface area contributed by atoms with Gasteiger partial charge in [0.25, 0.3) is 5.22 Å². The molecule has 0 bridgehead atoms. The first-order valence-corrected chi connectivity index (χ1v) is 5.72. The van der Waals surface area contributed by atoms with Crippen LogP contribution in [-0.4, -0.2) is 10.7 Å². The second-order valence-corrected chi connectivity index (χ2v) is 4.62. The van der Waals surface area contributed by atoms with Crippen LogP contribution >= 0.6 is 11.8 Å². The van der Waals surface area contributed by atoms with Crippen molar-refractivity contribution in [2.45, 2.75) is 19.1 Å². The maximum Gasteiger partial charge on any atom is 0.256 e. The predicted molar refractivity (Wildman–Crippen MR) is 59.6 cm³/mol. The highest BCUT2D eigenvalue weighted by Gasteiger charge is 2.05. The van der Waals surface area contributed by atoms with Gasteiger partial charge in [-0.15, -0.1) is 0 Å². The summed E-state index contributed by atoms with van der Waals surface area (Å²) in [6, 6.07) is 7.85. The molecule has 0 aliphatic carbocycles. The van der Waals surface area contributed by atoms with E-state index in [1.165, 1.54) is 0 Å². The molecule has 0 saturated heterocycles. The third-order valence-corrected chi connectivity index (χ3v) is 3.07. The molecule has 0 N–H and O–H groups in total. The van der Waals surface area contributed by atoms with Crippen LogP contribution in [0, 0.1) is 5.92 Å². The van der Waals surface area contributed by atoms with Crippen LogP contribution in [0.5, 0.6) is 0 Å². The smallest absolute Gasteiger partial charge is 0.256 e. The number of rotatable bonds is 3. The van der Waals surface area contributed by atoms with Gasteiger partial charge in [-0.05, 0) is 18.1 Å². The van der Waals surface area contributed by atoms with Crippen molar-refractivity contribution in [1.82, 2.24) is 4.98 Å². The topological polar surface area (TPSA) is 26.0 Å². The normalized spacial score (nSPS) is 11.4. The van der Waals surface area contributed by atoms with Crippen molar-refractivity contribution in [1.29, 1.82) is 0 Å². The van der Waals surface area contributed by atoms with Gasteiger partial charge in [-0.25, -0.2) is 4.98 Å². The summed E-state index contributed by atoms with van der Waals surface area (Å²) in [6.45, 7) is 4.38. The first-order valence-electron chi connectivity index (χ1n) is 4.74. The van der Waals surface area contributed by atoms with Crippen molar-refractivity contribution in [3.05, 3.63) is 24.3 Å². The number of oxazole rings is 1. The second-order valence-electron chi connectivity index (χ2n) is 3.65. The Bertz CT molecular complexity index is 389. The van der Waals surface area contributed by atoms with Crippen LogP contribution in [-0.2, 0) is 0 Å². The first-order chi connectivity index (χ1) is 6.75. The number of para-hydroxylation sites is 2. The van der Waals surface area contributed by atoms with E-state index in [-0.39, 0.29) is 0 Å². The number of hydrogen-bond acceptors (Lipinski definition) is 3. The van der Waals surface area contributed by atoms with Gasteiger partial charge in [0, 0.05) is 5.75 Å². The molecule has 2 nitrogen and oxygen atoms in total. The molecule has 0 unspecified atom stereocenters. The largest absolute Gasteiger partial charge is 0.431 e. The number of thioether (sulfide) groups is 1. The van der Waals surface area contributed by atoms with E-state index in [4.69, 9.17) is 4.42 Å². The van der Waals surface area contributed by atoms with Gasteiger partial charge in [-0.3, -0.25) is 0 Å². The fourth-order valence-electron chi connectivity index (χ4n) is 1.15. The Labute approximate surface area is 87.7 Å². The third-order valence-electron chi connectivity index (χ3n) is 1.81. The van der Waals surface area contributed by atoms with E-state index in [0.29, 0.717) is 5.92 Å². The number of benzene rings is 1. The highest BCUT2D eigenvalue weighted by Crippen LogP contribution is 2.24. The summed E-state index contributed by atoms with van der Waals surface area (Å²) in [5.74, 6) is 1.71. The maximum atomic E-state index is 5.57. The molecular weight excluding hydrogens is 194 g/mol. The molecule has 3 heteroatoms. The van der Waals surface area contributed by atoms with E-state index in [1.54, 1.807) is 11.8 Å². The summed E-state index contributed by atoms with van der Waals surface area (Å²) in [7, 11) is 0. The van der Waals surface area contributed by atoms with Crippen LogP contribution < -0.4 is 0 Å². The summed E-state index contributed by atoms with van der Waals surface area (Å²) in [6.07, 6.45) is 0. The average molecular weight is 207 g/mol. The molecular formula is C11H13NOS. The minimum Gasteiger partial charge on any atom is -0.431 e.